The summed E-state index contributed by atoms with van der Waals surface area (Å²) in [5, 5.41) is 9.59. The number of imidazole rings is 2. The van der Waals surface area contributed by atoms with Gasteiger partial charge in [-0.25, -0.2) is 28.3 Å². The molecule has 21 nitrogen and oxygen atoms in total. The number of hydrogen-bond donors (Lipinski definition) is 6. The minimum Gasteiger partial charge on any atom is -0.394 e. The highest BCUT2D eigenvalue weighted by Crippen LogP contribution is 2.51. The molecule has 0 bridgehead atoms. The van der Waals surface area contributed by atoms with Crippen LogP contribution >= 0.6 is 16.1 Å². The second kappa shape index (κ2) is 11.9. The van der Waals surface area contributed by atoms with E-state index in [2.05, 4.69) is 29.9 Å². The lowest BCUT2D eigenvalue weighted by molar-refractivity contribution is -0.0589. The van der Waals surface area contributed by atoms with Gasteiger partial charge in [0, 0.05) is 4.57 Å². The van der Waals surface area contributed by atoms with Crippen molar-refractivity contribution in [2.24, 2.45) is 0 Å². The Bertz CT molecular complexity index is 1920. The molecule has 0 saturated carbocycles. The molecule has 0 amide bonds. The average Bonchev–Trinajstić information content (AvgIpc) is 3.73. The van der Waals surface area contributed by atoms with Gasteiger partial charge in [0.15, 0.2) is 53.2 Å². The normalized spacial score (nSPS) is 30.3. The molecule has 10 atom stereocenters. The maximum absolute atomic E-state index is 15.5. The van der Waals surface area contributed by atoms with Gasteiger partial charge in [-0.3, -0.25) is 32.8 Å². The van der Waals surface area contributed by atoms with E-state index >= 15 is 8.78 Å². The third-order valence-corrected chi connectivity index (χ3v) is 8.35. The molecule has 0 spiro atoms. The van der Waals surface area contributed by atoms with Gasteiger partial charge >= 0.3 is 16.1 Å². The second-order valence-electron chi connectivity index (χ2n) is 9.67. The first-order valence-electron chi connectivity index (χ1n) is 12.7. The fourth-order valence-electron chi connectivity index (χ4n) is 4.99. The maximum Gasteiger partial charge on any atom is 0.695 e. The van der Waals surface area contributed by atoms with E-state index in [1.807, 2.05) is 0 Å². The lowest BCUT2D eigenvalue weighted by Crippen LogP contribution is -2.34. The number of alkyl halides is 2. The number of phosphoric ester groups is 1. The number of halogens is 2. The minimum absolute atomic E-state index is 0.110. The number of hydrogen-bond acceptors (Lipinski definition) is 15. The molecule has 6 rings (SSSR count). The van der Waals surface area contributed by atoms with Crippen molar-refractivity contribution in [2.45, 2.75) is 49.2 Å². The number of aromatic amines is 2. The molecule has 4 aromatic rings. The van der Waals surface area contributed by atoms with Crippen LogP contribution < -0.4 is 16.9 Å². The summed E-state index contributed by atoms with van der Waals surface area (Å²) in [4.78, 5) is 64.1. The van der Waals surface area contributed by atoms with Crippen LogP contribution in [0.25, 0.3) is 22.3 Å². The molecular weight excluding hydrogens is 658 g/mol. The summed E-state index contributed by atoms with van der Waals surface area (Å²) in [6.45, 7) is -1.88. The van der Waals surface area contributed by atoms with Gasteiger partial charge in [0.2, 0.25) is 5.95 Å². The number of anilines is 1. The van der Waals surface area contributed by atoms with Crippen LogP contribution in [0.5, 0.6) is 0 Å². The molecule has 25 heteroatoms. The Morgan fingerprint density at radius 1 is 1.02 bits per heavy atom. The van der Waals surface area contributed by atoms with Crippen molar-refractivity contribution >= 4 is 44.4 Å². The lowest BCUT2D eigenvalue weighted by Gasteiger charge is -2.24. The van der Waals surface area contributed by atoms with E-state index in [4.69, 9.17) is 28.8 Å². The molecule has 0 aromatic carbocycles. The second-order valence-corrected chi connectivity index (χ2v) is 11.8. The zero-order valence-electron chi connectivity index (χ0n) is 22.2. The first kappa shape index (κ1) is 31.4. The van der Waals surface area contributed by atoms with Gasteiger partial charge in [0.25, 0.3) is 11.1 Å². The van der Waals surface area contributed by atoms with Crippen molar-refractivity contribution in [3.05, 3.63) is 39.7 Å². The van der Waals surface area contributed by atoms with Crippen LogP contribution in [0.3, 0.4) is 0 Å². The molecule has 242 valence electrons. The van der Waals surface area contributed by atoms with Gasteiger partial charge in [-0.05, 0) is 0 Å². The third kappa shape index (κ3) is 5.78. The van der Waals surface area contributed by atoms with Crippen LogP contribution in [-0.2, 0) is 32.2 Å². The Morgan fingerprint density at radius 3 is 2.38 bits per heavy atom. The SMILES string of the molecule is Nc1nc2c(ncn2[C@@H]2O[C@H](CO)[C@@H](F)[C@H]2OP(=O)(O)OC[C@H]2O[C@@H](n3cnc4c(=O)[nH]cnc43)[C@H](F)[C@@H]2O[P+](=O)O)c(=O)[nH]1. The molecule has 2 saturated heterocycles. The number of H-pyrrole nitrogens is 2. The number of aromatic nitrogens is 8. The van der Waals surface area contributed by atoms with E-state index in [9.17, 15) is 33.6 Å². The highest BCUT2D eigenvalue weighted by molar-refractivity contribution is 7.47. The van der Waals surface area contributed by atoms with E-state index < -0.39 is 89.6 Å². The highest BCUT2D eigenvalue weighted by Gasteiger charge is 2.54. The summed E-state index contributed by atoms with van der Waals surface area (Å²) < 4.78 is 83.2. The van der Waals surface area contributed by atoms with Crippen LogP contribution in [0.2, 0.25) is 0 Å². The summed E-state index contributed by atoms with van der Waals surface area (Å²) in [6.07, 6.45) is -11.7. The molecule has 2 fully saturated rings. The van der Waals surface area contributed by atoms with Crippen LogP contribution in [0.15, 0.2) is 28.6 Å². The zero-order chi connectivity index (χ0) is 32.2. The monoisotopic (exact) mass is 680 g/mol. The number of fused-ring (bicyclic) bond motifs is 2. The Balaban J connectivity index is 1.23. The van der Waals surface area contributed by atoms with Gasteiger partial charge in [-0.1, -0.05) is 0 Å². The Kier molecular flexibility index (Phi) is 8.33. The zero-order valence-corrected chi connectivity index (χ0v) is 24.0. The average molecular weight is 680 g/mol. The Hall–Kier alpha value is -3.63. The molecule has 0 aliphatic carbocycles. The molecule has 6 heterocycles. The number of phosphoric acid groups is 1. The molecule has 7 N–H and O–H groups in total. The number of aliphatic hydroxyl groups excluding tert-OH is 1. The molecule has 45 heavy (non-hydrogen) atoms. The van der Waals surface area contributed by atoms with Crippen molar-refractivity contribution in [3.8, 4) is 0 Å². The van der Waals surface area contributed by atoms with E-state index in [0.29, 0.717) is 0 Å². The van der Waals surface area contributed by atoms with Crippen molar-refractivity contribution < 1.29 is 55.8 Å². The van der Waals surface area contributed by atoms with E-state index in [-0.39, 0.29) is 28.3 Å². The summed E-state index contributed by atoms with van der Waals surface area (Å²) >= 11 is 0. The van der Waals surface area contributed by atoms with Crippen molar-refractivity contribution in [1.82, 2.24) is 39.0 Å². The first-order valence-corrected chi connectivity index (χ1v) is 15.3. The van der Waals surface area contributed by atoms with Gasteiger partial charge in [-0.2, -0.15) is 4.98 Å². The van der Waals surface area contributed by atoms with Crippen LogP contribution in [0.1, 0.15) is 12.5 Å². The Labute approximate surface area is 247 Å². The van der Waals surface area contributed by atoms with E-state index in [1.54, 1.807) is 0 Å². The van der Waals surface area contributed by atoms with Crippen LogP contribution in [0, 0.1) is 0 Å². The fourth-order valence-corrected chi connectivity index (χ4v) is 6.38. The summed E-state index contributed by atoms with van der Waals surface area (Å²) in [5.41, 5.74) is 3.49. The minimum atomic E-state index is -5.31. The number of nitrogens with one attached hydrogen (secondary N) is 2. The molecule has 2 aliphatic rings. The predicted octanol–water partition coefficient (Wildman–Crippen LogP) is -1.16. The lowest BCUT2D eigenvalue weighted by atomic mass is 10.1. The number of nitrogens with two attached hydrogens (primary N) is 1. The van der Waals surface area contributed by atoms with Crippen molar-refractivity contribution in [3.63, 3.8) is 0 Å². The van der Waals surface area contributed by atoms with E-state index in [1.165, 1.54) is 0 Å². The maximum atomic E-state index is 15.5. The smallest absolute Gasteiger partial charge is 0.394 e. The van der Waals surface area contributed by atoms with Crippen molar-refractivity contribution in [1.29, 1.82) is 0 Å². The number of rotatable bonds is 10. The van der Waals surface area contributed by atoms with Crippen LogP contribution in [0.4, 0.5) is 14.7 Å². The number of nitrogens with zero attached hydrogens (tertiary/aromatic N) is 6. The van der Waals surface area contributed by atoms with Crippen molar-refractivity contribution in [2.75, 3.05) is 18.9 Å². The molecule has 2 unspecified atom stereocenters. The predicted molar refractivity (Wildman–Crippen MR) is 141 cm³/mol. The summed E-state index contributed by atoms with van der Waals surface area (Å²) in [6, 6.07) is 0. The van der Waals surface area contributed by atoms with Crippen LogP contribution in [-0.4, -0.2) is 104 Å². The largest absolute Gasteiger partial charge is 0.695 e. The topological polar surface area (TPSA) is 294 Å². The quantitative estimate of drug-likeness (QED) is 0.108. The summed E-state index contributed by atoms with van der Waals surface area (Å²) in [7, 11) is -8.72. The summed E-state index contributed by atoms with van der Waals surface area (Å²) in [5.74, 6) is -0.329. The van der Waals surface area contributed by atoms with E-state index in [0.717, 1.165) is 28.1 Å². The Morgan fingerprint density at radius 2 is 1.69 bits per heavy atom. The number of aliphatic hydroxyl groups is 1. The standard InChI is InChI=1S/C20H21F2N9O12P2/c21-8-6(1-32)40-19(31-5-27-11-15(31)28-20(23)29-17(11)34)13(8)43-45(37,38)39-2-7-12(42-44(35)36)9(22)18(41-7)30-4-26-10-14(30)24-3-25-16(10)33/h3-9,12-13,18-19,32H,1-2H2,(H5-,23,24,25,28,29,33,34,35,36,37,38)/p+1/t6-,7-,8-,9-,12-,13-,18-,19-/m1/s1. The first-order chi connectivity index (χ1) is 21.4. The highest BCUT2D eigenvalue weighted by atomic mass is 31.2. The van der Waals surface area contributed by atoms with Gasteiger partial charge in [-0.15, -0.1) is 9.42 Å². The number of nitrogen functional groups attached to an aromatic ring is 1. The van der Waals surface area contributed by atoms with Gasteiger partial charge < -0.3 is 30.2 Å². The molecule has 0 radical (unpaired) electrons. The fraction of sp³-hybridized carbons (Fsp3) is 0.500. The third-order valence-electron chi connectivity index (χ3n) is 6.94. The molecule has 2 aliphatic heterocycles. The van der Waals surface area contributed by atoms with Gasteiger partial charge in [0.1, 0.15) is 18.3 Å². The van der Waals surface area contributed by atoms with Gasteiger partial charge in [0.05, 0.1) is 32.2 Å². The molecule has 4 aromatic heterocycles. The number of ether oxygens (including phenoxy) is 2. The molecular formula is C20H22F2N9O12P2+.